The van der Waals surface area contributed by atoms with E-state index in [1.54, 1.807) is 11.0 Å². The highest BCUT2D eigenvalue weighted by Crippen LogP contribution is 2.27. The smallest absolute Gasteiger partial charge is 0.335 e. The van der Waals surface area contributed by atoms with Crippen molar-refractivity contribution in [1.82, 2.24) is 0 Å². The molecule has 1 aliphatic heterocycles. The zero-order chi connectivity index (χ0) is 13.3. The Morgan fingerprint density at radius 3 is 2.72 bits per heavy atom. The predicted molar refractivity (Wildman–Crippen MR) is 67.3 cm³/mol. The van der Waals surface area contributed by atoms with Gasteiger partial charge in [0.15, 0.2) is 0 Å². The number of hydrogen-bond acceptors (Lipinski definition) is 4. The molecule has 0 spiro atoms. The number of aromatic carboxylic acids is 1. The SMILES string of the molecule is NCC1CC(=O)N(c2cc(N)cc(C(=O)O)c2)C1. The Morgan fingerprint density at radius 2 is 2.17 bits per heavy atom. The van der Waals surface area contributed by atoms with E-state index >= 15 is 0 Å². The summed E-state index contributed by atoms with van der Waals surface area (Å²) in [6, 6.07) is 4.42. The third-order valence-electron chi connectivity index (χ3n) is 3.04. The number of benzene rings is 1. The van der Waals surface area contributed by atoms with E-state index in [1.165, 1.54) is 12.1 Å². The fraction of sp³-hybridized carbons (Fsp3) is 0.333. The summed E-state index contributed by atoms with van der Waals surface area (Å²) >= 11 is 0. The molecular weight excluding hydrogens is 234 g/mol. The Hall–Kier alpha value is -2.08. The van der Waals surface area contributed by atoms with Crippen molar-refractivity contribution >= 4 is 23.3 Å². The van der Waals surface area contributed by atoms with Gasteiger partial charge in [0.25, 0.3) is 0 Å². The van der Waals surface area contributed by atoms with Gasteiger partial charge in [0.2, 0.25) is 5.91 Å². The van der Waals surface area contributed by atoms with Crippen molar-refractivity contribution in [1.29, 1.82) is 0 Å². The van der Waals surface area contributed by atoms with Gasteiger partial charge in [0.1, 0.15) is 0 Å². The van der Waals surface area contributed by atoms with Gasteiger partial charge in [-0.2, -0.15) is 0 Å². The minimum atomic E-state index is -1.06. The lowest BCUT2D eigenvalue weighted by molar-refractivity contribution is -0.117. The van der Waals surface area contributed by atoms with Gasteiger partial charge in [-0.15, -0.1) is 0 Å². The highest BCUT2D eigenvalue weighted by molar-refractivity contribution is 5.98. The van der Waals surface area contributed by atoms with Crippen LogP contribution >= 0.6 is 0 Å². The first-order valence-corrected chi connectivity index (χ1v) is 5.65. The van der Waals surface area contributed by atoms with Crippen LogP contribution in [0.4, 0.5) is 11.4 Å². The molecule has 0 saturated carbocycles. The molecule has 0 bridgehead atoms. The zero-order valence-electron chi connectivity index (χ0n) is 9.80. The number of amides is 1. The largest absolute Gasteiger partial charge is 0.478 e. The summed E-state index contributed by atoms with van der Waals surface area (Å²) in [7, 11) is 0. The van der Waals surface area contributed by atoms with E-state index in [1.807, 2.05) is 0 Å². The molecule has 1 saturated heterocycles. The normalized spacial score (nSPS) is 19.3. The van der Waals surface area contributed by atoms with Gasteiger partial charge >= 0.3 is 5.97 Å². The first kappa shape index (κ1) is 12.4. The van der Waals surface area contributed by atoms with Gasteiger partial charge in [-0.1, -0.05) is 0 Å². The number of nitrogen functional groups attached to an aromatic ring is 1. The minimum Gasteiger partial charge on any atom is -0.478 e. The highest BCUT2D eigenvalue weighted by Gasteiger charge is 2.30. The molecule has 1 unspecified atom stereocenters. The lowest BCUT2D eigenvalue weighted by Crippen LogP contribution is -2.26. The van der Waals surface area contributed by atoms with Crippen molar-refractivity contribution in [2.75, 3.05) is 23.7 Å². The quantitative estimate of drug-likeness (QED) is 0.666. The lowest BCUT2D eigenvalue weighted by atomic mass is 10.1. The molecule has 18 heavy (non-hydrogen) atoms. The number of hydrogen-bond donors (Lipinski definition) is 3. The third-order valence-corrected chi connectivity index (χ3v) is 3.04. The molecule has 1 heterocycles. The summed E-state index contributed by atoms with van der Waals surface area (Å²) in [5.74, 6) is -0.995. The number of rotatable bonds is 3. The van der Waals surface area contributed by atoms with Crippen molar-refractivity contribution in [3.8, 4) is 0 Å². The maximum Gasteiger partial charge on any atom is 0.335 e. The summed E-state index contributed by atoms with van der Waals surface area (Å²) < 4.78 is 0. The van der Waals surface area contributed by atoms with Crippen LogP contribution in [0.5, 0.6) is 0 Å². The summed E-state index contributed by atoms with van der Waals surface area (Å²) in [6.07, 6.45) is 0.397. The van der Waals surface area contributed by atoms with E-state index in [0.717, 1.165) is 0 Å². The average molecular weight is 249 g/mol. The monoisotopic (exact) mass is 249 g/mol. The van der Waals surface area contributed by atoms with Crippen molar-refractivity contribution in [2.45, 2.75) is 6.42 Å². The van der Waals surface area contributed by atoms with Gasteiger partial charge in [-0.25, -0.2) is 4.79 Å². The van der Waals surface area contributed by atoms with Crippen LogP contribution in [0, 0.1) is 5.92 Å². The summed E-state index contributed by atoms with van der Waals surface area (Å²) in [5, 5.41) is 8.96. The number of nitrogens with two attached hydrogens (primary N) is 2. The molecule has 1 fully saturated rings. The standard InChI is InChI=1S/C12H15N3O3/c13-5-7-1-11(16)15(6-7)10-3-8(12(17)18)2-9(14)4-10/h2-4,7H,1,5-6,13-14H2,(H,17,18). The molecule has 6 heteroatoms. The molecule has 5 N–H and O–H groups in total. The van der Waals surface area contributed by atoms with Crippen molar-refractivity contribution in [3.63, 3.8) is 0 Å². The number of carbonyl (C=O) groups excluding carboxylic acids is 1. The van der Waals surface area contributed by atoms with Crippen molar-refractivity contribution in [3.05, 3.63) is 23.8 Å². The Labute approximate surface area is 104 Å². The summed E-state index contributed by atoms with van der Waals surface area (Å²) in [5.41, 5.74) is 12.1. The highest BCUT2D eigenvalue weighted by atomic mass is 16.4. The molecule has 1 aromatic carbocycles. The third kappa shape index (κ3) is 2.28. The molecule has 1 atom stereocenters. The molecule has 1 aliphatic rings. The van der Waals surface area contributed by atoms with E-state index < -0.39 is 5.97 Å². The van der Waals surface area contributed by atoms with Crippen LogP contribution < -0.4 is 16.4 Å². The van der Waals surface area contributed by atoms with Gasteiger partial charge in [-0.05, 0) is 30.7 Å². The Bertz CT molecular complexity index is 501. The van der Waals surface area contributed by atoms with Crippen LogP contribution in [-0.2, 0) is 4.79 Å². The van der Waals surface area contributed by atoms with E-state index in [4.69, 9.17) is 16.6 Å². The number of carbonyl (C=O) groups is 2. The Balaban J connectivity index is 2.34. The average Bonchev–Trinajstić information content (AvgIpc) is 2.69. The minimum absolute atomic E-state index is 0.0487. The van der Waals surface area contributed by atoms with Crippen LogP contribution in [0.2, 0.25) is 0 Å². The first-order chi connectivity index (χ1) is 8.51. The van der Waals surface area contributed by atoms with Crippen molar-refractivity contribution < 1.29 is 14.7 Å². The molecule has 2 rings (SSSR count). The Morgan fingerprint density at radius 1 is 1.44 bits per heavy atom. The van der Waals surface area contributed by atoms with E-state index in [9.17, 15) is 9.59 Å². The van der Waals surface area contributed by atoms with Gasteiger partial charge < -0.3 is 21.5 Å². The van der Waals surface area contributed by atoms with Gasteiger partial charge in [-0.3, -0.25) is 4.79 Å². The van der Waals surface area contributed by atoms with Crippen LogP contribution in [0.25, 0.3) is 0 Å². The van der Waals surface area contributed by atoms with E-state index in [2.05, 4.69) is 0 Å². The molecule has 1 aromatic rings. The zero-order valence-corrected chi connectivity index (χ0v) is 9.80. The lowest BCUT2D eigenvalue weighted by Gasteiger charge is -2.17. The number of carboxylic acid groups (broad SMARTS) is 1. The van der Waals surface area contributed by atoms with Crippen LogP contribution in [0.15, 0.2) is 18.2 Å². The van der Waals surface area contributed by atoms with Crippen LogP contribution in [0.1, 0.15) is 16.8 Å². The maximum absolute atomic E-state index is 11.8. The molecule has 6 nitrogen and oxygen atoms in total. The Kier molecular flexibility index (Phi) is 3.20. The molecule has 1 amide bonds. The number of nitrogens with zero attached hydrogens (tertiary/aromatic N) is 1. The molecule has 0 radical (unpaired) electrons. The van der Waals surface area contributed by atoms with E-state index in [0.29, 0.717) is 30.9 Å². The second kappa shape index (κ2) is 4.66. The van der Waals surface area contributed by atoms with Crippen LogP contribution in [0.3, 0.4) is 0 Å². The first-order valence-electron chi connectivity index (χ1n) is 5.65. The molecule has 0 aliphatic carbocycles. The number of anilines is 2. The van der Waals surface area contributed by atoms with Crippen LogP contribution in [-0.4, -0.2) is 30.1 Å². The van der Waals surface area contributed by atoms with Gasteiger partial charge in [0, 0.05) is 24.3 Å². The molecular formula is C12H15N3O3. The number of carboxylic acids is 1. The predicted octanol–water partition coefficient (Wildman–Crippen LogP) is 0.279. The topological polar surface area (TPSA) is 110 Å². The summed E-state index contributed by atoms with van der Waals surface area (Å²) in [4.78, 5) is 24.3. The molecule has 0 aromatic heterocycles. The fourth-order valence-electron chi connectivity index (χ4n) is 2.10. The summed E-state index contributed by atoms with van der Waals surface area (Å²) in [6.45, 7) is 0.953. The van der Waals surface area contributed by atoms with E-state index in [-0.39, 0.29) is 17.4 Å². The maximum atomic E-state index is 11.8. The second-order valence-electron chi connectivity index (χ2n) is 4.43. The van der Waals surface area contributed by atoms with Gasteiger partial charge in [0.05, 0.1) is 5.56 Å². The molecule has 96 valence electrons. The second-order valence-corrected chi connectivity index (χ2v) is 4.43. The van der Waals surface area contributed by atoms with Crippen molar-refractivity contribution in [2.24, 2.45) is 11.7 Å². The fourth-order valence-corrected chi connectivity index (χ4v) is 2.10.